The van der Waals surface area contributed by atoms with Crippen molar-refractivity contribution in [2.45, 2.75) is 6.18 Å². The van der Waals surface area contributed by atoms with Gasteiger partial charge in [-0.2, -0.15) is 13.2 Å². The van der Waals surface area contributed by atoms with Crippen LogP contribution in [0, 0.1) is 0 Å². The summed E-state index contributed by atoms with van der Waals surface area (Å²) in [5, 5.41) is -0.246. The summed E-state index contributed by atoms with van der Waals surface area (Å²) < 4.78 is 37.9. The Morgan fingerprint density at radius 1 is 1.05 bits per heavy atom. The molecule has 2 heterocycles. The van der Waals surface area contributed by atoms with Crippen LogP contribution in [0.2, 0.25) is 5.15 Å². The lowest BCUT2D eigenvalue weighted by Gasteiger charge is -2.04. The number of H-pyrrole nitrogens is 1. The van der Waals surface area contributed by atoms with Gasteiger partial charge in [0.25, 0.3) is 0 Å². The number of alkyl halides is 3. The summed E-state index contributed by atoms with van der Waals surface area (Å²) in [6, 6.07) is 10.7. The molecule has 0 spiro atoms. The highest BCUT2D eigenvalue weighted by Crippen LogP contribution is 2.31. The number of benzene rings is 1. The summed E-state index contributed by atoms with van der Waals surface area (Å²) in [4.78, 5) is 9.71. The summed E-state index contributed by atoms with van der Waals surface area (Å²) in [6.07, 6.45) is -4.62. The van der Waals surface area contributed by atoms with E-state index < -0.39 is 12.0 Å². The van der Waals surface area contributed by atoms with Crippen molar-refractivity contribution in [1.82, 2.24) is 15.0 Å². The van der Waals surface area contributed by atoms with Crippen LogP contribution in [0.1, 0.15) is 5.82 Å². The minimum Gasteiger partial charge on any atom is -0.351 e. The number of nitrogens with zero attached hydrogens (tertiary/aromatic N) is 2. The molecule has 0 aliphatic carbocycles. The summed E-state index contributed by atoms with van der Waals surface area (Å²) in [5.41, 5.74) is 1.89. The molecule has 0 radical (unpaired) electrons. The molecule has 3 rings (SSSR count). The van der Waals surface area contributed by atoms with Gasteiger partial charge in [0, 0.05) is 5.69 Å². The highest BCUT2D eigenvalue weighted by atomic mass is 35.5. The number of rotatable bonds is 1. The standard InChI is InChI=1S/C13H7ClF3N3/c14-11-10-9(19-12(20-11)13(15,16)17)6-8(18-10)7-4-2-1-3-5-7/h1-6,18H. The molecule has 0 amide bonds. The Bertz CT molecular complexity index is 766. The quantitative estimate of drug-likeness (QED) is 0.681. The molecule has 2 aromatic heterocycles. The highest BCUT2D eigenvalue weighted by Gasteiger charge is 2.35. The van der Waals surface area contributed by atoms with Gasteiger partial charge in [-0.3, -0.25) is 0 Å². The van der Waals surface area contributed by atoms with Crippen molar-refractivity contribution in [2.75, 3.05) is 0 Å². The van der Waals surface area contributed by atoms with Crippen LogP contribution in [0.4, 0.5) is 13.2 Å². The molecule has 0 unspecified atom stereocenters. The van der Waals surface area contributed by atoms with E-state index in [9.17, 15) is 13.2 Å². The molecule has 3 nitrogen and oxygen atoms in total. The van der Waals surface area contributed by atoms with E-state index in [1.165, 1.54) is 6.07 Å². The van der Waals surface area contributed by atoms with Gasteiger partial charge in [0.05, 0.1) is 5.52 Å². The monoisotopic (exact) mass is 297 g/mol. The first kappa shape index (κ1) is 12.9. The molecule has 20 heavy (non-hydrogen) atoms. The number of aromatic amines is 1. The average Bonchev–Trinajstić information content (AvgIpc) is 2.83. The molecule has 3 aromatic rings. The third-order valence-corrected chi connectivity index (χ3v) is 3.05. The van der Waals surface area contributed by atoms with E-state index in [1.54, 1.807) is 0 Å². The van der Waals surface area contributed by atoms with E-state index in [4.69, 9.17) is 11.6 Å². The zero-order valence-corrected chi connectivity index (χ0v) is 10.6. The Hall–Kier alpha value is -2.08. The van der Waals surface area contributed by atoms with Crippen molar-refractivity contribution < 1.29 is 13.2 Å². The first-order valence-electron chi connectivity index (χ1n) is 5.64. The van der Waals surface area contributed by atoms with Crippen LogP contribution in [0.25, 0.3) is 22.3 Å². The molecule has 0 atom stereocenters. The van der Waals surface area contributed by atoms with Gasteiger partial charge in [-0.1, -0.05) is 41.9 Å². The molecule has 102 valence electrons. The lowest BCUT2D eigenvalue weighted by molar-refractivity contribution is -0.144. The highest BCUT2D eigenvalue weighted by molar-refractivity contribution is 6.33. The van der Waals surface area contributed by atoms with E-state index in [1.807, 2.05) is 30.3 Å². The number of nitrogens with one attached hydrogen (secondary N) is 1. The van der Waals surface area contributed by atoms with Crippen LogP contribution >= 0.6 is 11.6 Å². The number of aromatic nitrogens is 3. The van der Waals surface area contributed by atoms with Crippen LogP contribution in [0.5, 0.6) is 0 Å². The van der Waals surface area contributed by atoms with E-state index in [-0.39, 0.29) is 10.7 Å². The largest absolute Gasteiger partial charge is 0.451 e. The predicted molar refractivity (Wildman–Crippen MR) is 69.3 cm³/mol. The zero-order valence-electron chi connectivity index (χ0n) is 9.87. The maximum Gasteiger partial charge on any atom is 0.451 e. The molecule has 0 aliphatic rings. The molecule has 0 aliphatic heterocycles. The van der Waals surface area contributed by atoms with Crippen LogP contribution in [-0.2, 0) is 6.18 Å². The van der Waals surface area contributed by atoms with E-state index >= 15 is 0 Å². The molecule has 0 fully saturated rings. The lowest BCUT2D eigenvalue weighted by Crippen LogP contribution is -2.10. The molecular weight excluding hydrogens is 291 g/mol. The summed E-state index contributed by atoms with van der Waals surface area (Å²) in [7, 11) is 0. The van der Waals surface area contributed by atoms with Gasteiger partial charge in [-0.25, -0.2) is 9.97 Å². The number of hydrogen-bond acceptors (Lipinski definition) is 2. The minimum atomic E-state index is -4.62. The van der Waals surface area contributed by atoms with Gasteiger partial charge in [-0.05, 0) is 11.6 Å². The second kappa shape index (κ2) is 4.49. The van der Waals surface area contributed by atoms with E-state index in [2.05, 4.69) is 15.0 Å². The van der Waals surface area contributed by atoms with Crippen LogP contribution in [-0.4, -0.2) is 15.0 Å². The smallest absolute Gasteiger partial charge is 0.351 e. The van der Waals surface area contributed by atoms with Gasteiger partial charge in [-0.15, -0.1) is 0 Å². The number of halogens is 4. The van der Waals surface area contributed by atoms with Crippen molar-refractivity contribution in [1.29, 1.82) is 0 Å². The third-order valence-electron chi connectivity index (χ3n) is 2.77. The first-order chi connectivity index (χ1) is 9.45. The summed E-state index contributed by atoms with van der Waals surface area (Å²) >= 11 is 5.79. The number of hydrogen-bond donors (Lipinski definition) is 1. The molecule has 0 saturated carbocycles. The molecule has 0 saturated heterocycles. The number of fused-ring (bicyclic) bond motifs is 1. The van der Waals surface area contributed by atoms with Gasteiger partial charge in [0.15, 0.2) is 5.15 Å². The zero-order chi connectivity index (χ0) is 14.3. The average molecular weight is 298 g/mol. The normalized spacial score (nSPS) is 12.0. The van der Waals surface area contributed by atoms with Crippen molar-refractivity contribution in [2.24, 2.45) is 0 Å². The molecular formula is C13H7ClF3N3. The van der Waals surface area contributed by atoms with E-state index in [0.717, 1.165) is 5.56 Å². The second-order valence-corrected chi connectivity index (χ2v) is 4.50. The maximum atomic E-state index is 12.6. The Labute approximate surface area is 116 Å². The van der Waals surface area contributed by atoms with Crippen LogP contribution < -0.4 is 0 Å². The van der Waals surface area contributed by atoms with Crippen LogP contribution in [0.3, 0.4) is 0 Å². The van der Waals surface area contributed by atoms with Gasteiger partial charge >= 0.3 is 6.18 Å². The lowest BCUT2D eigenvalue weighted by atomic mass is 10.2. The summed E-state index contributed by atoms with van der Waals surface area (Å²) in [5.74, 6) is -1.24. The second-order valence-electron chi connectivity index (χ2n) is 4.15. The molecule has 0 bridgehead atoms. The Morgan fingerprint density at radius 2 is 1.75 bits per heavy atom. The molecule has 7 heteroatoms. The van der Waals surface area contributed by atoms with Crippen LogP contribution in [0.15, 0.2) is 36.4 Å². The Kier molecular flexibility index (Phi) is 2.90. The Morgan fingerprint density at radius 3 is 2.40 bits per heavy atom. The van der Waals surface area contributed by atoms with Gasteiger partial charge < -0.3 is 4.98 Å². The van der Waals surface area contributed by atoms with Crippen molar-refractivity contribution in [3.05, 3.63) is 47.4 Å². The molecule has 1 N–H and O–H groups in total. The van der Waals surface area contributed by atoms with Crippen molar-refractivity contribution >= 4 is 22.6 Å². The SMILES string of the molecule is FC(F)(F)c1nc(Cl)c2[nH]c(-c3ccccc3)cc2n1. The Balaban J connectivity index is 2.19. The van der Waals surface area contributed by atoms with Gasteiger partial charge in [0.2, 0.25) is 5.82 Å². The topological polar surface area (TPSA) is 41.6 Å². The van der Waals surface area contributed by atoms with Crippen molar-refractivity contribution in [3.63, 3.8) is 0 Å². The fourth-order valence-corrected chi connectivity index (χ4v) is 2.10. The third kappa shape index (κ3) is 2.22. The molecule has 1 aromatic carbocycles. The van der Waals surface area contributed by atoms with E-state index in [0.29, 0.717) is 11.2 Å². The minimum absolute atomic E-state index is 0.135. The maximum absolute atomic E-state index is 12.6. The van der Waals surface area contributed by atoms with Crippen molar-refractivity contribution in [3.8, 4) is 11.3 Å². The fourth-order valence-electron chi connectivity index (χ4n) is 1.88. The van der Waals surface area contributed by atoms with Gasteiger partial charge in [0.1, 0.15) is 5.52 Å². The fraction of sp³-hybridized carbons (Fsp3) is 0.0769. The summed E-state index contributed by atoms with van der Waals surface area (Å²) in [6.45, 7) is 0. The predicted octanol–water partition coefficient (Wildman–Crippen LogP) is 4.30. The first-order valence-corrected chi connectivity index (χ1v) is 6.02.